The molecule has 1 amide bonds. The van der Waals surface area contributed by atoms with Gasteiger partial charge >= 0.3 is 0 Å². The number of carbonyl (C=O) groups excluding carboxylic acids is 1. The number of nitrogens with zero attached hydrogens (tertiary/aromatic N) is 3. The van der Waals surface area contributed by atoms with Crippen LogP contribution in [0.3, 0.4) is 0 Å². The molecule has 25 heavy (non-hydrogen) atoms. The number of hydrogen-bond acceptors (Lipinski definition) is 3. The van der Waals surface area contributed by atoms with Crippen molar-refractivity contribution in [3.05, 3.63) is 35.9 Å². The van der Waals surface area contributed by atoms with Gasteiger partial charge in [-0.05, 0) is 25.3 Å². The Morgan fingerprint density at radius 2 is 2.04 bits per heavy atom. The number of piperazine rings is 1. The third kappa shape index (κ3) is 5.31. The van der Waals surface area contributed by atoms with Gasteiger partial charge in [0, 0.05) is 25.7 Å². The number of aliphatic imine (C=N–C) groups is 1. The molecule has 1 aliphatic carbocycles. The predicted molar refractivity (Wildman–Crippen MR) is 109 cm³/mol. The molecule has 1 saturated carbocycles. The highest BCUT2D eigenvalue weighted by atomic mass is 127. The van der Waals surface area contributed by atoms with Gasteiger partial charge in [-0.25, -0.2) is 0 Å². The number of carbonyl (C=O) groups is 1. The first-order valence-corrected chi connectivity index (χ1v) is 8.74. The molecule has 0 bridgehead atoms. The third-order valence-electron chi connectivity index (χ3n) is 4.48. The first-order chi connectivity index (χ1) is 11.7. The summed E-state index contributed by atoms with van der Waals surface area (Å²) in [5.74, 6) is 0.884. The lowest BCUT2D eigenvalue weighted by atomic mass is 10.1. The number of hydrogen-bond donors (Lipinski definition) is 2. The Kier molecular flexibility index (Phi) is 7.49. The number of benzene rings is 1. The van der Waals surface area contributed by atoms with Crippen LogP contribution in [0.4, 0.5) is 0 Å². The highest BCUT2D eigenvalue weighted by Gasteiger charge is 2.36. The predicted octanol–water partition coefficient (Wildman–Crippen LogP) is 1.61. The molecule has 1 unspecified atom stereocenters. The second-order valence-electron chi connectivity index (χ2n) is 6.36. The molecule has 1 saturated heterocycles. The maximum atomic E-state index is 12.3. The molecule has 1 aromatic carbocycles. The second-order valence-corrected chi connectivity index (χ2v) is 6.36. The molecule has 1 heterocycles. The molecule has 2 N–H and O–H groups in total. The zero-order valence-electron chi connectivity index (χ0n) is 14.6. The van der Waals surface area contributed by atoms with Crippen LogP contribution in [0.1, 0.15) is 31.4 Å². The van der Waals surface area contributed by atoms with Crippen LogP contribution < -0.4 is 5.32 Å². The highest BCUT2D eigenvalue weighted by molar-refractivity contribution is 14.0. The van der Waals surface area contributed by atoms with Crippen molar-refractivity contribution in [2.24, 2.45) is 4.99 Å². The van der Waals surface area contributed by atoms with Crippen LogP contribution in [-0.4, -0.2) is 65.5 Å². The van der Waals surface area contributed by atoms with E-state index in [1.54, 1.807) is 0 Å². The summed E-state index contributed by atoms with van der Waals surface area (Å²) >= 11 is 0. The van der Waals surface area contributed by atoms with E-state index in [-0.39, 0.29) is 36.4 Å². The van der Waals surface area contributed by atoms with Crippen molar-refractivity contribution >= 4 is 35.8 Å². The van der Waals surface area contributed by atoms with E-state index in [1.807, 2.05) is 47.1 Å². The average Bonchev–Trinajstić information content (AvgIpc) is 3.44. The van der Waals surface area contributed by atoms with Gasteiger partial charge in [-0.3, -0.25) is 9.79 Å². The van der Waals surface area contributed by atoms with Crippen molar-refractivity contribution < 1.29 is 9.90 Å². The number of nitrogens with one attached hydrogen (secondary N) is 1. The van der Waals surface area contributed by atoms with Crippen molar-refractivity contribution in [1.82, 2.24) is 15.1 Å². The molecule has 0 spiro atoms. The normalized spacial score (nSPS) is 19.4. The van der Waals surface area contributed by atoms with E-state index in [4.69, 9.17) is 0 Å². The SMILES string of the molecule is CCNC(=NCC(O)c1ccccc1)N1CCN(C2CC2)C(=O)C1.I. The van der Waals surface area contributed by atoms with Gasteiger partial charge in [-0.1, -0.05) is 30.3 Å². The Labute approximate surface area is 166 Å². The van der Waals surface area contributed by atoms with Crippen LogP contribution in [0.5, 0.6) is 0 Å². The summed E-state index contributed by atoms with van der Waals surface area (Å²) in [6.07, 6.45) is 1.65. The summed E-state index contributed by atoms with van der Waals surface area (Å²) in [7, 11) is 0. The molecule has 1 atom stereocenters. The lowest BCUT2D eigenvalue weighted by Crippen LogP contribution is -2.55. The molecule has 0 radical (unpaired) electrons. The number of amides is 1. The Hall–Kier alpha value is -1.35. The minimum absolute atomic E-state index is 0. The average molecular weight is 458 g/mol. The largest absolute Gasteiger partial charge is 0.386 e. The zero-order chi connectivity index (χ0) is 16.9. The third-order valence-corrected chi connectivity index (χ3v) is 4.48. The molecular formula is C18H27IN4O2. The fraction of sp³-hybridized carbons (Fsp3) is 0.556. The van der Waals surface area contributed by atoms with Gasteiger partial charge in [0.2, 0.25) is 5.91 Å². The molecular weight excluding hydrogens is 431 g/mol. The van der Waals surface area contributed by atoms with Gasteiger partial charge in [-0.2, -0.15) is 0 Å². The molecule has 3 rings (SSSR count). The zero-order valence-corrected chi connectivity index (χ0v) is 16.9. The quantitative estimate of drug-likeness (QED) is 0.400. The minimum atomic E-state index is -0.636. The van der Waals surface area contributed by atoms with E-state index < -0.39 is 6.10 Å². The van der Waals surface area contributed by atoms with Crippen molar-refractivity contribution in [1.29, 1.82) is 0 Å². The first kappa shape index (κ1) is 20.0. The van der Waals surface area contributed by atoms with Crippen LogP contribution in [0.2, 0.25) is 0 Å². The van der Waals surface area contributed by atoms with Crippen LogP contribution in [0.25, 0.3) is 0 Å². The van der Waals surface area contributed by atoms with E-state index in [0.717, 1.165) is 38.0 Å². The Morgan fingerprint density at radius 1 is 1.32 bits per heavy atom. The van der Waals surface area contributed by atoms with E-state index in [2.05, 4.69) is 10.3 Å². The molecule has 1 aliphatic heterocycles. The van der Waals surface area contributed by atoms with Gasteiger partial charge in [0.25, 0.3) is 0 Å². The summed E-state index contributed by atoms with van der Waals surface area (Å²) in [6, 6.07) is 10.00. The van der Waals surface area contributed by atoms with Crippen LogP contribution >= 0.6 is 24.0 Å². The molecule has 138 valence electrons. The van der Waals surface area contributed by atoms with E-state index in [1.165, 1.54) is 0 Å². The highest BCUT2D eigenvalue weighted by Crippen LogP contribution is 2.28. The molecule has 7 heteroatoms. The minimum Gasteiger partial charge on any atom is -0.386 e. The monoisotopic (exact) mass is 458 g/mol. The van der Waals surface area contributed by atoms with E-state index in [9.17, 15) is 9.90 Å². The van der Waals surface area contributed by atoms with Gasteiger partial charge in [-0.15, -0.1) is 24.0 Å². The number of aliphatic hydroxyl groups excluding tert-OH is 1. The maximum Gasteiger partial charge on any atom is 0.242 e. The van der Waals surface area contributed by atoms with Crippen LogP contribution in [0.15, 0.2) is 35.3 Å². The fourth-order valence-corrected chi connectivity index (χ4v) is 3.02. The maximum absolute atomic E-state index is 12.3. The van der Waals surface area contributed by atoms with Gasteiger partial charge in [0.05, 0.1) is 19.2 Å². The second kappa shape index (κ2) is 9.38. The first-order valence-electron chi connectivity index (χ1n) is 8.74. The molecule has 6 nitrogen and oxygen atoms in total. The standard InChI is InChI=1S/C18H26N4O2.HI/c1-2-19-18(20-12-16(23)14-6-4-3-5-7-14)21-10-11-22(15-8-9-15)17(24)13-21;/h3-7,15-16,23H,2,8-13H2,1H3,(H,19,20);1H. The number of aliphatic hydroxyl groups is 1. The van der Waals surface area contributed by atoms with Gasteiger partial charge < -0.3 is 20.2 Å². The summed E-state index contributed by atoms with van der Waals surface area (Å²) < 4.78 is 0. The molecule has 2 fully saturated rings. The van der Waals surface area contributed by atoms with Crippen molar-refractivity contribution in [2.75, 3.05) is 32.7 Å². The smallest absolute Gasteiger partial charge is 0.242 e. The lowest BCUT2D eigenvalue weighted by molar-refractivity contribution is -0.135. The van der Waals surface area contributed by atoms with Gasteiger partial charge in [0.1, 0.15) is 0 Å². The van der Waals surface area contributed by atoms with Crippen molar-refractivity contribution in [3.8, 4) is 0 Å². The van der Waals surface area contributed by atoms with Crippen molar-refractivity contribution in [2.45, 2.75) is 31.9 Å². The van der Waals surface area contributed by atoms with Crippen LogP contribution in [0, 0.1) is 0 Å². The topological polar surface area (TPSA) is 68.2 Å². The molecule has 2 aliphatic rings. The van der Waals surface area contributed by atoms with Crippen molar-refractivity contribution in [3.63, 3.8) is 0 Å². The van der Waals surface area contributed by atoms with E-state index >= 15 is 0 Å². The lowest BCUT2D eigenvalue weighted by Gasteiger charge is -2.36. The number of guanidine groups is 1. The van der Waals surface area contributed by atoms with Gasteiger partial charge in [0.15, 0.2) is 5.96 Å². The van der Waals surface area contributed by atoms with Crippen LogP contribution in [-0.2, 0) is 4.79 Å². The Balaban J connectivity index is 0.00000225. The Bertz CT molecular complexity index is 592. The Morgan fingerprint density at radius 3 is 2.64 bits per heavy atom. The number of rotatable bonds is 5. The summed E-state index contributed by atoms with van der Waals surface area (Å²) in [5.41, 5.74) is 0.853. The summed E-state index contributed by atoms with van der Waals surface area (Å²) in [6.45, 7) is 4.93. The number of halogens is 1. The summed E-state index contributed by atoms with van der Waals surface area (Å²) in [4.78, 5) is 20.8. The molecule has 0 aromatic heterocycles. The van der Waals surface area contributed by atoms with E-state index in [0.29, 0.717) is 18.5 Å². The molecule has 1 aromatic rings. The fourth-order valence-electron chi connectivity index (χ4n) is 3.02. The summed E-state index contributed by atoms with van der Waals surface area (Å²) in [5, 5.41) is 13.5.